The Balaban J connectivity index is 4.45. The van der Waals surface area contributed by atoms with Crippen molar-refractivity contribution >= 4 is 17.9 Å². The van der Waals surface area contributed by atoms with Crippen LogP contribution in [-0.4, -0.2) is 37.2 Å². The molecule has 0 spiro atoms. The number of ether oxygens (including phenoxy) is 3. The van der Waals surface area contributed by atoms with E-state index in [1.165, 1.54) is 135 Å². The third-order valence-corrected chi connectivity index (χ3v) is 12.6. The molecule has 0 saturated heterocycles. The zero-order valence-corrected chi connectivity index (χ0v) is 46.0. The zero-order chi connectivity index (χ0) is 50.7. The average Bonchev–Trinajstić information content (AvgIpc) is 3.36. The van der Waals surface area contributed by atoms with E-state index in [0.29, 0.717) is 19.3 Å². The molecule has 1 atom stereocenters. The fraction of sp³-hybridized carbons (Fsp3) is 0.734. The smallest absolute Gasteiger partial charge is 0.306 e. The number of carbonyl (C=O) groups is 3. The molecular weight excluding hydrogens is 865 g/mol. The van der Waals surface area contributed by atoms with Crippen molar-refractivity contribution in [2.45, 2.75) is 290 Å². The second-order valence-electron chi connectivity index (χ2n) is 19.5. The van der Waals surface area contributed by atoms with Gasteiger partial charge in [-0.1, -0.05) is 254 Å². The predicted molar refractivity (Wildman–Crippen MR) is 302 cm³/mol. The molecule has 70 heavy (non-hydrogen) atoms. The lowest BCUT2D eigenvalue weighted by molar-refractivity contribution is -0.167. The van der Waals surface area contributed by atoms with Crippen molar-refractivity contribution in [2.24, 2.45) is 0 Å². The van der Waals surface area contributed by atoms with Gasteiger partial charge in [0.2, 0.25) is 0 Å². The maximum atomic E-state index is 12.9. The first-order chi connectivity index (χ1) is 34.5. The van der Waals surface area contributed by atoms with E-state index in [4.69, 9.17) is 14.2 Å². The number of allylic oxidation sites excluding steroid dienone is 14. The molecule has 6 heteroatoms. The number of unbranched alkanes of at least 4 members (excludes halogenated alkanes) is 28. The van der Waals surface area contributed by atoms with Gasteiger partial charge in [0.1, 0.15) is 13.2 Å². The maximum absolute atomic E-state index is 12.9. The summed E-state index contributed by atoms with van der Waals surface area (Å²) in [7, 11) is 0. The topological polar surface area (TPSA) is 78.9 Å². The largest absolute Gasteiger partial charge is 0.462 e. The monoisotopic (exact) mass is 975 g/mol. The average molecular weight is 976 g/mol. The summed E-state index contributed by atoms with van der Waals surface area (Å²) in [6, 6.07) is 0. The summed E-state index contributed by atoms with van der Waals surface area (Å²) in [5, 5.41) is 0. The Morgan fingerprint density at radius 1 is 0.300 bits per heavy atom. The van der Waals surface area contributed by atoms with Crippen LogP contribution in [0, 0.1) is 0 Å². The Morgan fingerprint density at radius 2 is 0.557 bits per heavy atom. The van der Waals surface area contributed by atoms with E-state index in [1.807, 2.05) is 0 Å². The number of hydrogen-bond acceptors (Lipinski definition) is 6. The minimum absolute atomic E-state index is 0.0884. The first-order valence-corrected chi connectivity index (χ1v) is 29.6. The number of carbonyl (C=O) groups excluding carboxylic acids is 3. The molecule has 0 bridgehead atoms. The van der Waals surface area contributed by atoms with Crippen molar-refractivity contribution in [1.82, 2.24) is 0 Å². The molecule has 0 aliphatic carbocycles. The Labute approximate surface area is 433 Å². The molecule has 6 nitrogen and oxygen atoms in total. The molecule has 0 rings (SSSR count). The highest BCUT2D eigenvalue weighted by Crippen LogP contribution is 2.16. The van der Waals surface area contributed by atoms with Crippen LogP contribution < -0.4 is 0 Å². The van der Waals surface area contributed by atoms with E-state index in [9.17, 15) is 14.4 Å². The fourth-order valence-corrected chi connectivity index (χ4v) is 8.21. The van der Waals surface area contributed by atoms with Gasteiger partial charge in [0.15, 0.2) is 6.10 Å². The summed E-state index contributed by atoms with van der Waals surface area (Å²) < 4.78 is 16.9. The third-order valence-electron chi connectivity index (χ3n) is 12.6. The van der Waals surface area contributed by atoms with Crippen LogP contribution in [0.4, 0.5) is 0 Å². The van der Waals surface area contributed by atoms with E-state index >= 15 is 0 Å². The van der Waals surface area contributed by atoms with E-state index in [0.717, 1.165) is 109 Å². The molecule has 0 heterocycles. The number of esters is 3. The minimum Gasteiger partial charge on any atom is -0.462 e. The molecule has 0 amide bonds. The molecule has 0 aliphatic heterocycles. The van der Waals surface area contributed by atoms with Crippen molar-refractivity contribution in [2.75, 3.05) is 13.2 Å². The summed E-state index contributed by atoms with van der Waals surface area (Å²) in [6.45, 7) is 6.49. The molecule has 0 radical (unpaired) electrons. The predicted octanol–water partition coefficient (Wildman–Crippen LogP) is 19.9. The lowest BCUT2D eigenvalue weighted by Gasteiger charge is -2.18. The van der Waals surface area contributed by atoms with Crippen LogP contribution in [0.25, 0.3) is 0 Å². The van der Waals surface area contributed by atoms with Gasteiger partial charge in [0.25, 0.3) is 0 Å². The molecular formula is C64H110O6. The van der Waals surface area contributed by atoms with Gasteiger partial charge in [-0.3, -0.25) is 14.4 Å². The summed E-state index contributed by atoms with van der Waals surface area (Å²) in [5.74, 6) is -0.920. The summed E-state index contributed by atoms with van der Waals surface area (Å²) in [4.78, 5) is 38.2. The highest BCUT2D eigenvalue weighted by molar-refractivity contribution is 5.71. The quantitative estimate of drug-likeness (QED) is 0.0261. The van der Waals surface area contributed by atoms with Crippen molar-refractivity contribution in [3.8, 4) is 0 Å². The summed E-state index contributed by atoms with van der Waals surface area (Å²) >= 11 is 0. The van der Waals surface area contributed by atoms with Crippen LogP contribution in [0.5, 0.6) is 0 Å². The van der Waals surface area contributed by atoms with E-state index in [-0.39, 0.29) is 31.1 Å². The third kappa shape index (κ3) is 55.5. The highest BCUT2D eigenvalue weighted by Gasteiger charge is 2.19. The Hall–Kier alpha value is -3.41. The maximum Gasteiger partial charge on any atom is 0.306 e. The Morgan fingerprint density at radius 3 is 0.914 bits per heavy atom. The van der Waals surface area contributed by atoms with Gasteiger partial charge in [0, 0.05) is 19.3 Å². The second-order valence-corrected chi connectivity index (χ2v) is 19.5. The molecule has 0 aromatic heterocycles. The molecule has 0 saturated carbocycles. The van der Waals surface area contributed by atoms with Gasteiger partial charge >= 0.3 is 17.9 Å². The van der Waals surface area contributed by atoms with Gasteiger partial charge in [-0.2, -0.15) is 0 Å². The van der Waals surface area contributed by atoms with Gasteiger partial charge < -0.3 is 14.2 Å². The first-order valence-electron chi connectivity index (χ1n) is 29.6. The van der Waals surface area contributed by atoms with E-state index < -0.39 is 6.10 Å². The van der Waals surface area contributed by atoms with Crippen LogP contribution >= 0.6 is 0 Å². The molecule has 0 fully saturated rings. The number of rotatable bonds is 53. The molecule has 0 unspecified atom stereocenters. The van der Waals surface area contributed by atoms with Crippen LogP contribution in [-0.2, 0) is 28.6 Å². The van der Waals surface area contributed by atoms with E-state index in [2.05, 4.69) is 106 Å². The van der Waals surface area contributed by atoms with E-state index in [1.54, 1.807) is 0 Å². The van der Waals surface area contributed by atoms with Crippen LogP contribution in [0.1, 0.15) is 284 Å². The highest BCUT2D eigenvalue weighted by atomic mass is 16.6. The molecule has 402 valence electrons. The minimum atomic E-state index is -0.794. The molecule has 0 aromatic carbocycles. The van der Waals surface area contributed by atoms with Gasteiger partial charge in [-0.25, -0.2) is 0 Å². The van der Waals surface area contributed by atoms with Gasteiger partial charge in [-0.05, 0) is 96.3 Å². The van der Waals surface area contributed by atoms with Crippen molar-refractivity contribution in [1.29, 1.82) is 0 Å². The lowest BCUT2D eigenvalue weighted by atomic mass is 10.0. The van der Waals surface area contributed by atoms with Crippen molar-refractivity contribution in [3.05, 3.63) is 85.1 Å². The molecule has 0 N–H and O–H groups in total. The van der Waals surface area contributed by atoms with Crippen LogP contribution in [0.15, 0.2) is 85.1 Å². The standard InChI is InChI=1S/C64H110O6/c1-4-7-10-13-16-19-22-25-28-31-32-34-36-39-42-45-48-51-54-57-63(66)69-60-61(59-68-62(65)56-53-50-47-44-41-38-35-30-27-24-21-18-15-12-9-6-3)70-64(67)58-55-52-49-46-43-40-37-33-29-26-23-20-17-14-11-8-5-2/h7,10,16-17,19-20,25-26,28-29,32,34,39,42,61H,4-6,8-9,11-15,18,21-24,27,30-31,33,35-38,40-41,43-60H2,1-3H3/b10-7+,19-16+,20-17+,28-25+,29-26+,34-32+,42-39+/t61-/m1/s1. The Kier molecular flexibility index (Phi) is 55.3. The first kappa shape index (κ1) is 66.6. The SMILES string of the molecule is CC/C=C/C/C=C/C/C=C/C/C=C/C/C=C/CCCCCC(=O)OC[C@@H](COC(=O)CCCCCCCCCCCCCCCCCC)OC(=O)CCCCCCCCC/C=C/C/C=C/CCCCC. The molecule has 0 aliphatic rings. The summed E-state index contributed by atoms with van der Waals surface area (Å²) in [6.07, 6.45) is 75.7. The summed E-state index contributed by atoms with van der Waals surface area (Å²) in [5.41, 5.74) is 0. The van der Waals surface area contributed by atoms with Crippen molar-refractivity contribution in [3.63, 3.8) is 0 Å². The normalized spacial score (nSPS) is 12.7. The van der Waals surface area contributed by atoms with Crippen LogP contribution in [0.2, 0.25) is 0 Å². The lowest BCUT2D eigenvalue weighted by Crippen LogP contribution is -2.30. The second kappa shape index (κ2) is 58.2. The van der Waals surface area contributed by atoms with Crippen LogP contribution in [0.3, 0.4) is 0 Å². The fourth-order valence-electron chi connectivity index (χ4n) is 8.21. The van der Waals surface area contributed by atoms with Gasteiger partial charge in [0.05, 0.1) is 0 Å². The van der Waals surface area contributed by atoms with Crippen molar-refractivity contribution < 1.29 is 28.6 Å². The van der Waals surface area contributed by atoms with Gasteiger partial charge in [-0.15, -0.1) is 0 Å². The number of hydrogen-bond donors (Lipinski definition) is 0. The Bertz CT molecular complexity index is 1350. The molecule has 0 aromatic rings. The zero-order valence-electron chi connectivity index (χ0n) is 46.0.